The SMILES string of the molecule is CCCC(C)(C=O)CN1CCOCC1CC. The molecule has 3 nitrogen and oxygen atoms in total. The van der Waals surface area contributed by atoms with Crippen molar-refractivity contribution in [3.8, 4) is 0 Å². The fraction of sp³-hybridized carbons (Fsp3) is 0.923. The molecule has 2 unspecified atom stereocenters. The lowest BCUT2D eigenvalue weighted by molar-refractivity contribution is -0.118. The maximum Gasteiger partial charge on any atom is 0.127 e. The Morgan fingerprint density at radius 2 is 2.25 bits per heavy atom. The van der Waals surface area contributed by atoms with E-state index in [1.807, 2.05) is 0 Å². The third-order valence-electron chi connectivity index (χ3n) is 3.49. The molecule has 0 bridgehead atoms. The number of carbonyl (C=O) groups is 1. The van der Waals surface area contributed by atoms with Crippen molar-refractivity contribution in [3.63, 3.8) is 0 Å². The Bertz CT molecular complexity index is 220. The summed E-state index contributed by atoms with van der Waals surface area (Å²) < 4.78 is 5.48. The Kier molecular flexibility index (Phi) is 5.42. The molecule has 1 fully saturated rings. The molecule has 0 aromatic carbocycles. The molecule has 0 N–H and O–H groups in total. The Balaban J connectivity index is 2.57. The molecule has 1 heterocycles. The van der Waals surface area contributed by atoms with Crippen LogP contribution in [0.15, 0.2) is 0 Å². The van der Waals surface area contributed by atoms with Crippen molar-refractivity contribution in [2.45, 2.75) is 46.1 Å². The van der Waals surface area contributed by atoms with Crippen LogP contribution >= 0.6 is 0 Å². The second-order valence-electron chi connectivity index (χ2n) is 5.13. The molecule has 0 radical (unpaired) electrons. The van der Waals surface area contributed by atoms with Crippen LogP contribution < -0.4 is 0 Å². The summed E-state index contributed by atoms with van der Waals surface area (Å²) in [6.07, 6.45) is 4.28. The molecule has 1 aliphatic rings. The highest BCUT2D eigenvalue weighted by Gasteiger charge is 2.30. The largest absolute Gasteiger partial charge is 0.378 e. The van der Waals surface area contributed by atoms with E-state index in [2.05, 4.69) is 25.7 Å². The second-order valence-corrected chi connectivity index (χ2v) is 5.13. The van der Waals surface area contributed by atoms with E-state index in [9.17, 15) is 4.79 Å². The van der Waals surface area contributed by atoms with Crippen LogP contribution in [0.3, 0.4) is 0 Å². The van der Waals surface area contributed by atoms with Crippen LogP contribution in [0.25, 0.3) is 0 Å². The summed E-state index contributed by atoms with van der Waals surface area (Å²) in [6.45, 7) is 9.86. The summed E-state index contributed by atoms with van der Waals surface area (Å²) in [7, 11) is 0. The summed E-state index contributed by atoms with van der Waals surface area (Å²) in [5.74, 6) is 0. The molecule has 0 aromatic rings. The first kappa shape index (κ1) is 13.7. The highest BCUT2D eigenvalue weighted by Crippen LogP contribution is 2.24. The monoisotopic (exact) mass is 227 g/mol. The number of aldehydes is 1. The zero-order chi connectivity index (χ0) is 12.0. The van der Waals surface area contributed by atoms with Crippen molar-refractivity contribution in [1.82, 2.24) is 4.90 Å². The first-order valence-corrected chi connectivity index (χ1v) is 6.43. The minimum absolute atomic E-state index is 0.181. The maximum atomic E-state index is 11.2. The summed E-state index contributed by atoms with van der Waals surface area (Å²) in [5, 5.41) is 0. The Morgan fingerprint density at radius 3 is 2.81 bits per heavy atom. The lowest BCUT2D eigenvalue weighted by Gasteiger charge is -2.39. The van der Waals surface area contributed by atoms with Gasteiger partial charge in [0.1, 0.15) is 6.29 Å². The molecule has 0 aromatic heterocycles. The minimum atomic E-state index is -0.181. The molecule has 2 atom stereocenters. The van der Waals surface area contributed by atoms with Crippen LogP contribution in [0.1, 0.15) is 40.0 Å². The molecule has 1 aliphatic heterocycles. The third-order valence-corrected chi connectivity index (χ3v) is 3.49. The summed E-state index contributed by atoms with van der Waals surface area (Å²) in [4.78, 5) is 13.7. The van der Waals surface area contributed by atoms with Crippen LogP contribution in [0.5, 0.6) is 0 Å². The molecule has 16 heavy (non-hydrogen) atoms. The van der Waals surface area contributed by atoms with Gasteiger partial charge >= 0.3 is 0 Å². The van der Waals surface area contributed by atoms with E-state index in [-0.39, 0.29) is 5.41 Å². The van der Waals surface area contributed by atoms with Crippen molar-refractivity contribution in [1.29, 1.82) is 0 Å². The van der Waals surface area contributed by atoms with Crippen LogP contribution in [-0.4, -0.2) is 43.5 Å². The van der Waals surface area contributed by atoms with Gasteiger partial charge < -0.3 is 9.53 Å². The lowest BCUT2D eigenvalue weighted by Crippen LogP contribution is -2.49. The van der Waals surface area contributed by atoms with E-state index < -0.39 is 0 Å². The number of ether oxygens (including phenoxy) is 1. The van der Waals surface area contributed by atoms with Gasteiger partial charge in [-0.05, 0) is 12.8 Å². The molecule has 94 valence electrons. The third kappa shape index (κ3) is 3.56. The van der Waals surface area contributed by atoms with Crippen molar-refractivity contribution in [2.75, 3.05) is 26.3 Å². The van der Waals surface area contributed by atoms with E-state index in [0.717, 1.165) is 51.9 Å². The molecule has 1 saturated heterocycles. The van der Waals surface area contributed by atoms with Crippen LogP contribution in [-0.2, 0) is 9.53 Å². The number of nitrogens with zero attached hydrogens (tertiary/aromatic N) is 1. The highest BCUT2D eigenvalue weighted by atomic mass is 16.5. The number of carbonyl (C=O) groups excluding carboxylic acids is 1. The predicted molar refractivity (Wildman–Crippen MR) is 65.6 cm³/mol. The second kappa shape index (κ2) is 6.36. The average Bonchev–Trinajstić information content (AvgIpc) is 2.30. The van der Waals surface area contributed by atoms with Crippen molar-refractivity contribution >= 4 is 6.29 Å². The topological polar surface area (TPSA) is 29.5 Å². The van der Waals surface area contributed by atoms with Gasteiger partial charge in [0, 0.05) is 24.5 Å². The van der Waals surface area contributed by atoms with Crippen LogP contribution in [0.2, 0.25) is 0 Å². The number of rotatable bonds is 6. The van der Waals surface area contributed by atoms with Gasteiger partial charge in [0.25, 0.3) is 0 Å². The molecule has 0 spiro atoms. The van der Waals surface area contributed by atoms with Gasteiger partial charge in [-0.2, -0.15) is 0 Å². The maximum absolute atomic E-state index is 11.2. The lowest BCUT2D eigenvalue weighted by atomic mass is 9.86. The number of morpholine rings is 1. The van der Waals surface area contributed by atoms with Crippen molar-refractivity contribution in [2.24, 2.45) is 5.41 Å². The van der Waals surface area contributed by atoms with Crippen LogP contribution in [0, 0.1) is 5.41 Å². The molecule has 0 amide bonds. The zero-order valence-electron chi connectivity index (χ0n) is 10.9. The smallest absolute Gasteiger partial charge is 0.127 e. The Hall–Kier alpha value is -0.410. The van der Waals surface area contributed by atoms with Gasteiger partial charge in [0.05, 0.1) is 13.2 Å². The molecular weight excluding hydrogens is 202 g/mol. The number of hydrogen-bond acceptors (Lipinski definition) is 3. The molecule has 0 saturated carbocycles. The summed E-state index contributed by atoms with van der Waals surface area (Å²) in [6, 6.07) is 0.491. The van der Waals surface area contributed by atoms with Crippen LogP contribution in [0.4, 0.5) is 0 Å². The van der Waals surface area contributed by atoms with E-state index >= 15 is 0 Å². The first-order chi connectivity index (χ1) is 7.65. The quantitative estimate of drug-likeness (QED) is 0.651. The fourth-order valence-electron chi connectivity index (χ4n) is 2.48. The standard InChI is InChI=1S/C13H25NO2/c1-4-6-13(3,11-15)10-14-7-8-16-9-12(14)5-2/h11-12H,4-10H2,1-3H3. The predicted octanol–water partition coefficient (Wildman–Crippen LogP) is 2.10. The molecular formula is C13H25NO2. The van der Waals surface area contributed by atoms with Gasteiger partial charge in [0.2, 0.25) is 0 Å². The zero-order valence-corrected chi connectivity index (χ0v) is 10.9. The summed E-state index contributed by atoms with van der Waals surface area (Å²) in [5.41, 5.74) is -0.181. The van der Waals surface area contributed by atoms with Gasteiger partial charge in [-0.15, -0.1) is 0 Å². The van der Waals surface area contributed by atoms with E-state index in [1.165, 1.54) is 0 Å². The molecule has 0 aliphatic carbocycles. The Labute approximate surface area is 99.1 Å². The normalized spacial score (nSPS) is 26.3. The fourth-order valence-corrected chi connectivity index (χ4v) is 2.48. The highest BCUT2D eigenvalue weighted by molar-refractivity contribution is 5.59. The van der Waals surface area contributed by atoms with Gasteiger partial charge in [0.15, 0.2) is 0 Å². The van der Waals surface area contributed by atoms with Crippen molar-refractivity contribution in [3.05, 3.63) is 0 Å². The van der Waals surface area contributed by atoms with Gasteiger partial charge in [-0.3, -0.25) is 4.90 Å². The first-order valence-electron chi connectivity index (χ1n) is 6.43. The summed E-state index contributed by atoms with van der Waals surface area (Å²) >= 11 is 0. The molecule has 1 rings (SSSR count). The van der Waals surface area contributed by atoms with E-state index in [0.29, 0.717) is 6.04 Å². The Morgan fingerprint density at radius 1 is 1.50 bits per heavy atom. The van der Waals surface area contributed by atoms with Crippen molar-refractivity contribution < 1.29 is 9.53 Å². The van der Waals surface area contributed by atoms with Gasteiger partial charge in [-0.1, -0.05) is 27.2 Å². The van der Waals surface area contributed by atoms with E-state index in [1.54, 1.807) is 0 Å². The average molecular weight is 227 g/mol. The van der Waals surface area contributed by atoms with Gasteiger partial charge in [-0.25, -0.2) is 0 Å². The van der Waals surface area contributed by atoms with E-state index in [4.69, 9.17) is 4.74 Å². The number of hydrogen-bond donors (Lipinski definition) is 0. The molecule has 3 heteroatoms. The minimum Gasteiger partial charge on any atom is -0.378 e.